The number of amides is 2. The van der Waals surface area contributed by atoms with Crippen LogP contribution in [0.2, 0.25) is 36.3 Å². The van der Waals surface area contributed by atoms with Gasteiger partial charge in [0.25, 0.3) is 11.1 Å². The first kappa shape index (κ1) is 53.9. The third-order valence-electron chi connectivity index (χ3n) is 13.2. The minimum absolute atomic E-state index is 0.0196. The Kier molecular flexibility index (Phi) is 15.5. The maximum Gasteiger partial charge on any atom is 0.330 e. The van der Waals surface area contributed by atoms with Crippen LogP contribution in [-0.4, -0.2) is 126 Å². The van der Waals surface area contributed by atoms with Gasteiger partial charge < -0.3 is 36.9 Å². The molecule has 4 bridgehead atoms. The van der Waals surface area contributed by atoms with Gasteiger partial charge in [-0.1, -0.05) is 69.2 Å². The number of fused-ring (bicyclic) bond motifs is 6. The SMILES string of the molecule is CC(C)C(=O)Nc1nc2c(ncn2[C@@H]2O[C@@H]3COP(O)(=S)O[C@@H]4[C@H](O[Si](C)(C)C(C)(C)C)[C@@H](COP(O)O[C@@H]2[C@@H]3O[Si](C)(C)C(C)(C)C)S[C@H]4n2cnc3c(=O)[nH]c(NC(=O)C(C)C)nc32)c(=O)[nH]1. The van der Waals surface area contributed by atoms with Gasteiger partial charge in [0.15, 0.2) is 45.2 Å². The summed E-state index contributed by atoms with van der Waals surface area (Å²) in [5.74, 6) is -1.79. The summed E-state index contributed by atoms with van der Waals surface area (Å²) >= 11 is 7.14. The van der Waals surface area contributed by atoms with Gasteiger partial charge in [-0.25, -0.2) is 9.97 Å². The molecular weight excluding hydrogens is 1010 g/mol. The van der Waals surface area contributed by atoms with Crippen molar-refractivity contribution in [3.05, 3.63) is 33.4 Å². The summed E-state index contributed by atoms with van der Waals surface area (Å²) in [4.78, 5) is 99.2. The summed E-state index contributed by atoms with van der Waals surface area (Å²) in [5, 5.41) is 3.14. The molecule has 0 aliphatic carbocycles. The smallest absolute Gasteiger partial charge is 0.330 e. The number of imidazole rings is 2. The Morgan fingerprint density at radius 1 is 0.855 bits per heavy atom. The predicted molar refractivity (Wildman–Crippen MR) is 269 cm³/mol. The van der Waals surface area contributed by atoms with Gasteiger partial charge in [-0.15, -0.1) is 11.8 Å². The summed E-state index contributed by atoms with van der Waals surface area (Å²) in [6.45, 7) is 22.5. The number of hydrogen-bond donors (Lipinski definition) is 6. The number of anilines is 2. The van der Waals surface area contributed by atoms with Gasteiger partial charge in [0.1, 0.15) is 29.8 Å². The summed E-state index contributed by atoms with van der Waals surface area (Å²) in [5.41, 5.74) is -1.17. The number of hydrogen-bond acceptors (Lipinski definition) is 18. The van der Waals surface area contributed by atoms with Crippen molar-refractivity contribution in [3.63, 3.8) is 0 Å². The highest BCUT2D eigenvalue weighted by Gasteiger charge is 2.56. The molecule has 7 heterocycles. The van der Waals surface area contributed by atoms with Gasteiger partial charge in [0.05, 0.1) is 37.2 Å². The fourth-order valence-corrected chi connectivity index (χ4v) is 13.8. The number of rotatable bonds is 10. The molecule has 2 amide bonds. The second-order valence-electron chi connectivity index (χ2n) is 21.0. The number of carbonyl (C=O) groups is 2. The molecule has 4 aromatic heterocycles. The maximum atomic E-state index is 13.4. The number of carbonyl (C=O) groups excluding carboxylic acids is 2. The van der Waals surface area contributed by atoms with Crippen molar-refractivity contribution < 1.29 is 51.1 Å². The number of H-pyrrole nitrogens is 2. The van der Waals surface area contributed by atoms with Crippen molar-refractivity contribution in [2.45, 2.75) is 153 Å². The van der Waals surface area contributed by atoms with E-state index in [0.29, 0.717) is 0 Å². The van der Waals surface area contributed by atoms with Crippen molar-refractivity contribution in [3.8, 4) is 0 Å². The fraction of sp³-hybridized carbons (Fsp3) is 0.700. The number of thioether (sulfide) groups is 1. The van der Waals surface area contributed by atoms with E-state index in [0.717, 1.165) is 0 Å². The Balaban J connectivity index is 1.32. The lowest BCUT2D eigenvalue weighted by Crippen LogP contribution is -2.50. The molecule has 0 radical (unpaired) electrons. The molecule has 3 saturated heterocycles. The molecule has 0 spiro atoms. The van der Waals surface area contributed by atoms with Gasteiger partial charge in [-0.3, -0.25) is 53.4 Å². The van der Waals surface area contributed by atoms with Crippen molar-refractivity contribution in [1.82, 2.24) is 39.0 Å². The molecule has 3 aliphatic heterocycles. The second kappa shape index (κ2) is 19.9. The number of ether oxygens (including phenoxy) is 1. The molecule has 6 N–H and O–H groups in total. The Morgan fingerprint density at radius 2 is 1.35 bits per heavy atom. The number of aromatic nitrogens is 8. The number of nitrogens with one attached hydrogen (secondary N) is 4. The van der Waals surface area contributed by atoms with E-state index in [1.54, 1.807) is 32.3 Å². The molecule has 4 aromatic rings. The van der Waals surface area contributed by atoms with Gasteiger partial charge in [-0.05, 0) is 48.1 Å². The summed E-state index contributed by atoms with van der Waals surface area (Å²) in [7, 11) is -8.17. The molecule has 2 unspecified atom stereocenters. The Hall–Kier alpha value is -2.86. The van der Waals surface area contributed by atoms with Crippen LogP contribution in [0.1, 0.15) is 80.8 Å². The van der Waals surface area contributed by atoms with E-state index >= 15 is 0 Å². The molecule has 23 nitrogen and oxygen atoms in total. The third-order valence-corrected chi connectivity index (χ3v) is 26.0. The van der Waals surface area contributed by atoms with Crippen LogP contribution in [0, 0.1) is 11.8 Å². The van der Waals surface area contributed by atoms with Crippen LogP contribution in [0.15, 0.2) is 22.2 Å². The minimum atomic E-state index is -4.30. The Bertz CT molecular complexity index is 2740. The number of aromatic amines is 2. The largest absolute Gasteiger partial charge is 0.410 e. The molecule has 7 rings (SSSR count). The lowest BCUT2D eigenvalue weighted by molar-refractivity contribution is -0.119. The predicted octanol–water partition coefficient (Wildman–Crippen LogP) is 5.99. The van der Waals surface area contributed by atoms with E-state index in [1.807, 2.05) is 13.1 Å². The molecule has 69 heavy (non-hydrogen) atoms. The quantitative estimate of drug-likeness (QED) is 0.0785. The topological polar surface area (TPSA) is 290 Å². The zero-order valence-corrected chi connectivity index (χ0v) is 46.5. The van der Waals surface area contributed by atoms with Crippen molar-refractivity contribution >= 4 is 102 Å². The first-order valence-electron chi connectivity index (χ1n) is 22.5. The molecule has 382 valence electrons. The lowest BCUT2D eigenvalue weighted by atomic mass is 10.1. The van der Waals surface area contributed by atoms with Crippen molar-refractivity contribution in [2.24, 2.45) is 11.8 Å². The highest BCUT2D eigenvalue weighted by atomic mass is 32.5. The van der Waals surface area contributed by atoms with E-state index in [-0.39, 0.29) is 62.7 Å². The first-order chi connectivity index (χ1) is 31.9. The third kappa shape index (κ3) is 11.4. The Morgan fingerprint density at radius 3 is 1.86 bits per heavy atom. The molecular formula is C40H64N10O13P2S2Si2. The normalized spacial score (nSPS) is 28.7. The zero-order valence-electron chi connectivity index (χ0n) is 41.1. The van der Waals surface area contributed by atoms with Gasteiger partial charge in [0.2, 0.25) is 23.7 Å². The van der Waals surface area contributed by atoms with Crippen LogP contribution in [0.5, 0.6) is 0 Å². The maximum absolute atomic E-state index is 13.4. The van der Waals surface area contributed by atoms with Gasteiger partial charge in [-0.2, -0.15) is 9.97 Å². The molecule has 3 fully saturated rings. The van der Waals surface area contributed by atoms with Crippen molar-refractivity contribution in [2.75, 3.05) is 23.8 Å². The van der Waals surface area contributed by atoms with Crippen LogP contribution in [0.3, 0.4) is 0 Å². The van der Waals surface area contributed by atoms with E-state index in [1.165, 1.54) is 29.0 Å². The van der Waals surface area contributed by atoms with Crippen LogP contribution in [0.4, 0.5) is 11.9 Å². The highest BCUT2D eigenvalue weighted by molar-refractivity contribution is 8.07. The molecule has 0 aromatic carbocycles. The second-order valence-corrected chi connectivity index (χ2v) is 35.6. The fourth-order valence-electron chi connectivity index (χ4n) is 7.16. The Labute approximate surface area is 411 Å². The standard InChI is InChI=1S/C40H64N10O13P2S2Si2/c1-19(2)31(51)45-37-43-29-23(33(53)47-37)41-17-49(29)35-27-25(62-68(11,12)39(5,6)7)21(59-35)15-58-65(56,66)61-28-26(63-69(13,14)40(8,9)10)22(16-57-64(55)60-27)67-36(28)50-18-42-24-30(50)44-38(48-34(24)54)46-32(52)20(3)4/h17-22,25-28,35-36,55H,15-16H2,1-14H3,(H,56,66)(H2,43,45,47,51,53)(H2,44,46,48,52,54)/t21-,22-,25-,26-,27-,28-,35-,36-,64?,65?/m1/s1. The van der Waals surface area contributed by atoms with E-state index < -0.39 is 109 Å². The van der Waals surface area contributed by atoms with Gasteiger partial charge >= 0.3 is 15.3 Å². The monoisotopic (exact) mass is 1070 g/mol. The average Bonchev–Trinajstić information content (AvgIpc) is 3.99. The first-order valence-corrected chi connectivity index (χ1v) is 33.0. The van der Waals surface area contributed by atoms with E-state index in [2.05, 4.69) is 95.2 Å². The van der Waals surface area contributed by atoms with Crippen LogP contribution in [-0.2, 0) is 53.1 Å². The summed E-state index contributed by atoms with van der Waals surface area (Å²) in [6.07, 6.45) is -3.67. The molecule has 10 atom stereocenters. The average molecular weight is 1080 g/mol. The lowest BCUT2D eigenvalue weighted by Gasteiger charge is -2.42. The molecule has 29 heteroatoms. The van der Waals surface area contributed by atoms with Gasteiger partial charge in [0, 0.05) is 11.8 Å². The van der Waals surface area contributed by atoms with Crippen molar-refractivity contribution in [1.29, 1.82) is 0 Å². The molecule has 3 aliphatic rings. The van der Waals surface area contributed by atoms with E-state index in [4.69, 9.17) is 43.5 Å². The highest BCUT2D eigenvalue weighted by Crippen LogP contribution is 2.57. The van der Waals surface area contributed by atoms with Crippen LogP contribution >= 0.6 is 27.1 Å². The summed E-state index contributed by atoms with van der Waals surface area (Å²) in [6, 6.07) is 0. The molecule has 0 saturated carbocycles. The van der Waals surface area contributed by atoms with Crippen LogP contribution in [0.25, 0.3) is 22.3 Å². The zero-order chi connectivity index (χ0) is 50.9. The van der Waals surface area contributed by atoms with Crippen LogP contribution < -0.4 is 21.8 Å². The summed E-state index contributed by atoms with van der Waals surface area (Å²) < 4.78 is 49.6. The van der Waals surface area contributed by atoms with E-state index in [9.17, 15) is 29.0 Å². The number of nitrogens with zero attached hydrogens (tertiary/aromatic N) is 6. The minimum Gasteiger partial charge on any atom is -0.410 e.